The van der Waals surface area contributed by atoms with Crippen molar-refractivity contribution in [2.75, 3.05) is 13.7 Å². The van der Waals surface area contributed by atoms with Crippen LogP contribution in [0.5, 0.6) is 0 Å². The molecule has 9 heteroatoms. The molecule has 0 radical (unpaired) electrons. The van der Waals surface area contributed by atoms with Crippen LogP contribution in [0.1, 0.15) is 65.3 Å². The first kappa shape index (κ1) is 23.3. The van der Waals surface area contributed by atoms with E-state index >= 15 is 0 Å². The number of rotatable bonds is 7. The van der Waals surface area contributed by atoms with E-state index < -0.39 is 23.8 Å². The number of methoxy groups -OCH3 is 1. The van der Waals surface area contributed by atoms with E-state index in [1.165, 1.54) is 7.11 Å². The quantitative estimate of drug-likeness (QED) is 0.672. The minimum atomic E-state index is -1.12. The molecule has 3 N–H and O–H groups in total. The fourth-order valence-electron chi connectivity index (χ4n) is 1.51. The number of nitrogens with one attached hydrogen (secondary N) is 1. The van der Waals surface area contributed by atoms with Gasteiger partial charge in [0.25, 0.3) is 0 Å². The number of nitrogens with zero attached hydrogens (tertiary/aromatic N) is 2. The highest BCUT2D eigenvalue weighted by Gasteiger charge is 2.26. The molecule has 0 saturated carbocycles. The highest BCUT2D eigenvalue weighted by atomic mass is 16.6. The third-order valence-corrected chi connectivity index (χ3v) is 2.73. The fraction of sp³-hybridized carbons (Fsp3) is 0.812. The van der Waals surface area contributed by atoms with Crippen LogP contribution >= 0.6 is 0 Å². The van der Waals surface area contributed by atoms with Crippen LogP contribution in [0.25, 0.3) is 0 Å². The topological polar surface area (TPSA) is 127 Å². The van der Waals surface area contributed by atoms with E-state index in [0.29, 0.717) is 6.61 Å². The molecule has 0 saturated heterocycles. The number of aromatic nitrogens is 2. The van der Waals surface area contributed by atoms with Crippen LogP contribution in [0.15, 0.2) is 4.42 Å². The van der Waals surface area contributed by atoms with Crippen molar-refractivity contribution in [1.29, 1.82) is 0 Å². The minimum absolute atomic E-state index is 0.0145. The van der Waals surface area contributed by atoms with Gasteiger partial charge >= 0.3 is 6.09 Å². The van der Waals surface area contributed by atoms with Gasteiger partial charge in [0.1, 0.15) is 12.2 Å². The Labute approximate surface area is 148 Å². The Bertz CT molecular complexity index is 484. The second kappa shape index (κ2) is 11.8. The zero-order valence-corrected chi connectivity index (χ0v) is 15.9. The molecule has 25 heavy (non-hydrogen) atoms. The first-order valence-corrected chi connectivity index (χ1v) is 8.24. The zero-order valence-electron chi connectivity index (χ0n) is 15.9. The number of ether oxygens (including phenoxy) is 2. The summed E-state index contributed by atoms with van der Waals surface area (Å²) in [6, 6.07) is -0.638. The van der Waals surface area contributed by atoms with E-state index in [1.54, 1.807) is 27.7 Å². The van der Waals surface area contributed by atoms with E-state index in [2.05, 4.69) is 22.4 Å². The van der Waals surface area contributed by atoms with Gasteiger partial charge in [-0.25, -0.2) is 4.79 Å². The van der Waals surface area contributed by atoms with Gasteiger partial charge in [-0.2, -0.15) is 0 Å². The molecule has 0 bridgehead atoms. The summed E-state index contributed by atoms with van der Waals surface area (Å²) in [4.78, 5) is 11.6. The summed E-state index contributed by atoms with van der Waals surface area (Å²) < 4.78 is 15.1. The van der Waals surface area contributed by atoms with Crippen molar-refractivity contribution < 1.29 is 28.9 Å². The van der Waals surface area contributed by atoms with Crippen molar-refractivity contribution in [1.82, 2.24) is 15.5 Å². The smallest absolute Gasteiger partial charge is 0.407 e. The molecular formula is C16H31N3O6. The van der Waals surface area contributed by atoms with Crippen molar-refractivity contribution >= 4 is 6.09 Å². The summed E-state index contributed by atoms with van der Waals surface area (Å²) in [7, 11) is 1.49. The van der Waals surface area contributed by atoms with Crippen molar-refractivity contribution in [2.24, 2.45) is 0 Å². The van der Waals surface area contributed by atoms with E-state index in [1.807, 2.05) is 0 Å². The number of unbranched alkanes of at least 4 members (excludes halogenated alkanes) is 1. The van der Waals surface area contributed by atoms with Crippen LogP contribution in [-0.4, -0.2) is 51.9 Å². The monoisotopic (exact) mass is 361 g/mol. The van der Waals surface area contributed by atoms with E-state index in [9.17, 15) is 9.90 Å². The Hall–Kier alpha value is -1.71. The lowest BCUT2D eigenvalue weighted by Crippen LogP contribution is -2.40. The van der Waals surface area contributed by atoms with Crippen LogP contribution in [0.3, 0.4) is 0 Å². The first-order valence-electron chi connectivity index (χ1n) is 8.24. The number of aliphatic hydroxyl groups excluding tert-OH is 2. The standard InChI is InChI=1S/C12H21N3O5.C4H10O/c1-7(13-11(17)20-12(2,3)4)9(16)10-15-14-8(19-10)6-18-5;1-2-3-4-5/h7,9,16H,6H2,1-5H3,(H,13,17);5H,2-4H2,1H3/t7-,9?;/m0./s1. The van der Waals surface area contributed by atoms with Crippen LogP contribution < -0.4 is 5.32 Å². The van der Waals surface area contributed by atoms with Gasteiger partial charge in [0.15, 0.2) is 6.10 Å². The number of carbonyl (C=O) groups is 1. The van der Waals surface area contributed by atoms with Crippen molar-refractivity contribution in [3.05, 3.63) is 11.8 Å². The second-order valence-electron chi connectivity index (χ2n) is 6.42. The van der Waals surface area contributed by atoms with Gasteiger partial charge in [-0.3, -0.25) is 0 Å². The van der Waals surface area contributed by atoms with Gasteiger partial charge in [0.05, 0.1) is 6.04 Å². The molecule has 2 atom stereocenters. The summed E-state index contributed by atoms with van der Waals surface area (Å²) in [5.74, 6) is 0.270. The SMILES string of the molecule is CCCCO.COCc1nnc(C(O)[C@H](C)NC(=O)OC(C)(C)C)o1. The molecule has 1 heterocycles. The molecule has 1 aromatic rings. The Morgan fingerprint density at radius 3 is 2.44 bits per heavy atom. The summed E-state index contributed by atoms with van der Waals surface area (Å²) in [6.07, 6.45) is 0.289. The molecule has 0 fully saturated rings. The Kier molecular flexibility index (Phi) is 11.0. The molecule has 1 aromatic heterocycles. The van der Waals surface area contributed by atoms with Gasteiger partial charge in [-0.05, 0) is 34.1 Å². The van der Waals surface area contributed by atoms with E-state index in [4.69, 9.17) is 19.0 Å². The lowest BCUT2D eigenvalue weighted by Gasteiger charge is -2.23. The highest BCUT2D eigenvalue weighted by molar-refractivity contribution is 5.68. The minimum Gasteiger partial charge on any atom is -0.444 e. The lowest BCUT2D eigenvalue weighted by atomic mass is 10.2. The van der Waals surface area contributed by atoms with Crippen molar-refractivity contribution in [2.45, 2.75) is 71.8 Å². The fourth-order valence-corrected chi connectivity index (χ4v) is 1.51. The number of carbonyl (C=O) groups excluding carboxylic acids is 1. The predicted octanol–water partition coefficient (Wildman–Crippen LogP) is 1.94. The summed E-state index contributed by atoms with van der Waals surface area (Å²) in [6.45, 7) is 9.42. The lowest BCUT2D eigenvalue weighted by molar-refractivity contribution is 0.0403. The van der Waals surface area contributed by atoms with Gasteiger partial charge in [0, 0.05) is 13.7 Å². The average molecular weight is 361 g/mol. The number of aliphatic hydroxyl groups is 2. The van der Waals surface area contributed by atoms with Gasteiger partial charge in [-0.15, -0.1) is 10.2 Å². The van der Waals surface area contributed by atoms with Gasteiger partial charge in [0.2, 0.25) is 11.8 Å². The maximum Gasteiger partial charge on any atom is 0.407 e. The molecule has 0 aliphatic carbocycles. The van der Waals surface area contributed by atoms with Crippen LogP contribution in [0.2, 0.25) is 0 Å². The Balaban J connectivity index is 0.00000101. The summed E-state index contributed by atoms with van der Waals surface area (Å²) >= 11 is 0. The molecule has 0 spiro atoms. The Morgan fingerprint density at radius 1 is 1.36 bits per heavy atom. The Morgan fingerprint density at radius 2 is 2.00 bits per heavy atom. The first-order chi connectivity index (χ1) is 11.6. The molecule has 0 aliphatic heterocycles. The maximum atomic E-state index is 11.6. The summed E-state index contributed by atoms with van der Waals surface area (Å²) in [5, 5.41) is 28.0. The van der Waals surface area contributed by atoms with Gasteiger partial charge in [-0.1, -0.05) is 13.3 Å². The highest BCUT2D eigenvalue weighted by Crippen LogP contribution is 2.16. The molecule has 0 aromatic carbocycles. The molecule has 9 nitrogen and oxygen atoms in total. The van der Waals surface area contributed by atoms with Gasteiger partial charge < -0.3 is 29.4 Å². The number of amides is 1. The third kappa shape index (κ3) is 10.7. The third-order valence-electron chi connectivity index (χ3n) is 2.73. The molecule has 1 amide bonds. The molecule has 146 valence electrons. The molecule has 1 rings (SSSR count). The van der Waals surface area contributed by atoms with E-state index in [0.717, 1.165) is 12.8 Å². The van der Waals surface area contributed by atoms with Crippen LogP contribution in [0.4, 0.5) is 4.79 Å². The molecule has 1 unspecified atom stereocenters. The van der Waals surface area contributed by atoms with Crippen molar-refractivity contribution in [3.63, 3.8) is 0 Å². The number of alkyl carbamates (subject to hydrolysis) is 1. The second-order valence-corrected chi connectivity index (χ2v) is 6.42. The normalized spacial score (nSPS) is 13.4. The number of hydrogen-bond acceptors (Lipinski definition) is 8. The van der Waals surface area contributed by atoms with Crippen LogP contribution in [0, 0.1) is 0 Å². The molecular weight excluding hydrogens is 330 g/mol. The van der Waals surface area contributed by atoms with Crippen LogP contribution in [-0.2, 0) is 16.1 Å². The largest absolute Gasteiger partial charge is 0.444 e. The van der Waals surface area contributed by atoms with E-state index in [-0.39, 0.29) is 18.4 Å². The predicted molar refractivity (Wildman–Crippen MR) is 90.8 cm³/mol. The average Bonchev–Trinajstić information content (AvgIpc) is 2.95. The zero-order chi connectivity index (χ0) is 19.5. The molecule has 0 aliphatic rings. The maximum absolute atomic E-state index is 11.6. The van der Waals surface area contributed by atoms with Crippen molar-refractivity contribution in [3.8, 4) is 0 Å². The summed E-state index contributed by atoms with van der Waals surface area (Å²) in [5.41, 5.74) is -0.606. The number of hydrogen-bond donors (Lipinski definition) is 3.